The smallest absolute Gasteiger partial charge is 0.0247 e. The average Bonchev–Trinajstić information content (AvgIpc) is 2.04. The molecule has 0 aliphatic heterocycles. The van der Waals surface area contributed by atoms with Gasteiger partial charge in [-0.3, -0.25) is 0 Å². The van der Waals surface area contributed by atoms with E-state index in [2.05, 4.69) is 52.3 Å². The SMILES string of the molecule is ONCCc1ccc(I)cc1. The summed E-state index contributed by atoms with van der Waals surface area (Å²) in [5.41, 5.74) is 3.37. The van der Waals surface area contributed by atoms with Crippen molar-refractivity contribution >= 4 is 22.6 Å². The molecule has 1 aromatic rings. The number of hydrogen-bond acceptors (Lipinski definition) is 2. The Labute approximate surface area is 79.7 Å². The van der Waals surface area contributed by atoms with Crippen LogP contribution in [0.2, 0.25) is 0 Å². The van der Waals surface area contributed by atoms with Crippen molar-refractivity contribution in [1.29, 1.82) is 0 Å². The lowest BCUT2D eigenvalue weighted by Gasteiger charge is -1.98. The molecule has 0 unspecified atom stereocenters. The van der Waals surface area contributed by atoms with Gasteiger partial charge < -0.3 is 5.21 Å². The number of hydrogen-bond donors (Lipinski definition) is 2. The fourth-order valence-corrected chi connectivity index (χ4v) is 1.21. The van der Waals surface area contributed by atoms with Crippen LogP contribution >= 0.6 is 22.6 Å². The van der Waals surface area contributed by atoms with E-state index in [1.165, 1.54) is 9.13 Å². The maximum atomic E-state index is 8.33. The first kappa shape index (κ1) is 8.96. The normalized spacial score (nSPS) is 10.0. The first-order valence-corrected chi connectivity index (χ1v) is 4.52. The molecule has 0 atom stereocenters. The second-order valence-electron chi connectivity index (χ2n) is 2.28. The largest absolute Gasteiger partial charge is 0.317 e. The van der Waals surface area contributed by atoms with E-state index >= 15 is 0 Å². The van der Waals surface area contributed by atoms with Crippen LogP contribution in [0.5, 0.6) is 0 Å². The Balaban J connectivity index is 2.52. The van der Waals surface area contributed by atoms with E-state index in [0.717, 1.165) is 6.42 Å². The van der Waals surface area contributed by atoms with E-state index in [-0.39, 0.29) is 0 Å². The van der Waals surface area contributed by atoms with E-state index in [4.69, 9.17) is 5.21 Å². The Hall–Kier alpha value is -0.130. The third kappa shape index (κ3) is 3.18. The van der Waals surface area contributed by atoms with Crippen LogP contribution in [0.1, 0.15) is 5.56 Å². The van der Waals surface area contributed by atoms with E-state index in [0.29, 0.717) is 6.54 Å². The number of benzene rings is 1. The molecule has 3 heteroatoms. The van der Waals surface area contributed by atoms with Crippen molar-refractivity contribution in [2.45, 2.75) is 6.42 Å². The molecule has 0 spiro atoms. The van der Waals surface area contributed by atoms with Crippen LogP contribution in [0.15, 0.2) is 24.3 Å². The maximum absolute atomic E-state index is 8.33. The zero-order chi connectivity index (χ0) is 8.10. The minimum absolute atomic E-state index is 0.612. The highest BCUT2D eigenvalue weighted by molar-refractivity contribution is 14.1. The van der Waals surface area contributed by atoms with Gasteiger partial charge in [-0.1, -0.05) is 12.1 Å². The van der Waals surface area contributed by atoms with E-state index in [1.807, 2.05) is 0 Å². The van der Waals surface area contributed by atoms with E-state index < -0.39 is 0 Å². The van der Waals surface area contributed by atoms with E-state index in [1.54, 1.807) is 0 Å². The second kappa shape index (κ2) is 4.69. The van der Waals surface area contributed by atoms with Crippen LogP contribution in [0.4, 0.5) is 0 Å². The Morgan fingerprint density at radius 1 is 1.27 bits per heavy atom. The van der Waals surface area contributed by atoms with Gasteiger partial charge in [0.05, 0.1) is 0 Å². The number of hydroxylamine groups is 1. The predicted octanol–water partition coefficient (Wildman–Crippen LogP) is 1.81. The first-order valence-electron chi connectivity index (χ1n) is 3.44. The van der Waals surface area contributed by atoms with Gasteiger partial charge in [0.25, 0.3) is 0 Å². The van der Waals surface area contributed by atoms with Crippen LogP contribution in [0.25, 0.3) is 0 Å². The first-order chi connectivity index (χ1) is 5.33. The number of halogens is 1. The maximum Gasteiger partial charge on any atom is 0.0247 e. The molecule has 0 amide bonds. The van der Waals surface area contributed by atoms with Gasteiger partial charge >= 0.3 is 0 Å². The molecular weight excluding hydrogens is 253 g/mol. The Bertz CT molecular complexity index is 210. The van der Waals surface area contributed by atoms with Crippen LogP contribution < -0.4 is 5.48 Å². The highest BCUT2D eigenvalue weighted by atomic mass is 127. The minimum Gasteiger partial charge on any atom is -0.317 e. The van der Waals surface area contributed by atoms with Gasteiger partial charge in [-0.15, -0.1) is 0 Å². The zero-order valence-electron chi connectivity index (χ0n) is 6.05. The molecule has 2 N–H and O–H groups in total. The summed E-state index contributed by atoms with van der Waals surface area (Å²) in [7, 11) is 0. The highest BCUT2D eigenvalue weighted by Gasteiger charge is 1.90. The summed E-state index contributed by atoms with van der Waals surface area (Å²) in [5.74, 6) is 0. The Morgan fingerprint density at radius 2 is 1.91 bits per heavy atom. The molecule has 0 heterocycles. The van der Waals surface area contributed by atoms with Crippen LogP contribution in [-0.4, -0.2) is 11.8 Å². The quantitative estimate of drug-likeness (QED) is 0.644. The molecule has 0 aliphatic carbocycles. The summed E-state index contributed by atoms with van der Waals surface area (Å²) in [4.78, 5) is 0. The van der Waals surface area contributed by atoms with Gasteiger partial charge in [0.15, 0.2) is 0 Å². The summed E-state index contributed by atoms with van der Waals surface area (Å²) < 4.78 is 1.24. The second-order valence-corrected chi connectivity index (χ2v) is 3.53. The summed E-state index contributed by atoms with van der Waals surface area (Å²) in [6, 6.07) is 8.26. The van der Waals surface area contributed by atoms with Crippen molar-refractivity contribution in [3.8, 4) is 0 Å². The molecule has 0 bridgehead atoms. The van der Waals surface area contributed by atoms with Crippen LogP contribution in [0, 0.1) is 3.57 Å². The van der Waals surface area contributed by atoms with Gasteiger partial charge in [0.2, 0.25) is 0 Å². The zero-order valence-corrected chi connectivity index (χ0v) is 8.21. The predicted molar refractivity (Wildman–Crippen MR) is 52.7 cm³/mol. The molecular formula is C8H10INO. The summed E-state index contributed by atoms with van der Waals surface area (Å²) in [6.07, 6.45) is 0.868. The van der Waals surface area contributed by atoms with Gasteiger partial charge in [-0.05, 0) is 46.7 Å². The summed E-state index contributed by atoms with van der Waals surface area (Å²) in [6.45, 7) is 0.612. The summed E-state index contributed by atoms with van der Waals surface area (Å²) in [5, 5.41) is 8.33. The monoisotopic (exact) mass is 263 g/mol. The van der Waals surface area contributed by atoms with Gasteiger partial charge in [-0.25, -0.2) is 5.48 Å². The molecule has 0 fully saturated rings. The molecule has 0 saturated heterocycles. The van der Waals surface area contributed by atoms with Gasteiger partial charge in [0, 0.05) is 10.1 Å². The van der Waals surface area contributed by atoms with Crippen molar-refractivity contribution in [3.05, 3.63) is 33.4 Å². The Morgan fingerprint density at radius 3 is 2.45 bits per heavy atom. The van der Waals surface area contributed by atoms with Crippen molar-refractivity contribution in [1.82, 2.24) is 5.48 Å². The third-order valence-corrected chi connectivity index (χ3v) is 2.16. The number of nitrogens with one attached hydrogen (secondary N) is 1. The topological polar surface area (TPSA) is 32.3 Å². The fraction of sp³-hybridized carbons (Fsp3) is 0.250. The standard InChI is InChI=1S/C8H10INO/c9-8-3-1-7(2-4-8)5-6-10-11/h1-4,10-11H,5-6H2. The van der Waals surface area contributed by atoms with Crippen LogP contribution in [-0.2, 0) is 6.42 Å². The van der Waals surface area contributed by atoms with E-state index in [9.17, 15) is 0 Å². The molecule has 2 nitrogen and oxygen atoms in total. The van der Waals surface area contributed by atoms with Crippen molar-refractivity contribution in [2.24, 2.45) is 0 Å². The molecule has 1 rings (SSSR count). The summed E-state index contributed by atoms with van der Waals surface area (Å²) >= 11 is 2.27. The molecule has 60 valence electrons. The van der Waals surface area contributed by atoms with Crippen molar-refractivity contribution in [3.63, 3.8) is 0 Å². The van der Waals surface area contributed by atoms with Crippen molar-refractivity contribution < 1.29 is 5.21 Å². The lowest BCUT2D eigenvalue weighted by Crippen LogP contribution is -2.10. The molecule has 0 radical (unpaired) electrons. The fourth-order valence-electron chi connectivity index (χ4n) is 0.851. The molecule has 0 aliphatic rings. The van der Waals surface area contributed by atoms with Crippen LogP contribution in [0.3, 0.4) is 0 Å². The highest BCUT2D eigenvalue weighted by Crippen LogP contribution is 2.06. The van der Waals surface area contributed by atoms with Gasteiger partial charge in [0.1, 0.15) is 0 Å². The average molecular weight is 263 g/mol. The lowest BCUT2D eigenvalue weighted by atomic mass is 10.2. The van der Waals surface area contributed by atoms with Crippen molar-refractivity contribution in [2.75, 3.05) is 6.54 Å². The molecule has 0 aromatic heterocycles. The third-order valence-electron chi connectivity index (χ3n) is 1.44. The van der Waals surface area contributed by atoms with Gasteiger partial charge in [-0.2, -0.15) is 0 Å². The molecule has 0 saturated carbocycles. The lowest BCUT2D eigenvalue weighted by molar-refractivity contribution is 0.168. The molecule has 11 heavy (non-hydrogen) atoms. The number of rotatable bonds is 3. The minimum atomic E-state index is 0.612. The molecule has 1 aromatic carbocycles. The Kier molecular flexibility index (Phi) is 3.82.